The third kappa shape index (κ3) is 1.73. The van der Waals surface area contributed by atoms with Crippen LogP contribution in [-0.2, 0) is 0 Å². The van der Waals surface area contributed by atoms with E-state index in [9.17, 15) is 0 Å². The lowest BCUT2D eigenvalue weighted by molar-refractivity contribution is 0.627. The van der Waals surface area contributed by atoms with Crippen LogP contribution in [0, 0.1) is 0 Å². The fraction of sp³-hybridized carbons (Fsp3) is 0.0769. The normalized spacial score (nSPS) is 10.6. The zero-order valence-electron chi connectivity index (χ0n) is 9.34. The number of furan rings is 1. The van der Waals surface area contributed by atoms with Gasteiger partial charge in [-0.3, -0.25) is 0 Å². The maximum absolute atomic E-state index is 5.70. The zero-order chi connectivity index (χ0) is 11.7. The first-order valence-corrected chi connectivity index (χ1v) is 5.37. The Bertz CT molecular complexity index is 610. The highest BCUT2D eigenvalue weighted by Gasteiger charge is 2.07. The molecule has 0 bridgehead atoms. The molecule has 0 spiro atoms. The molecule has 3 aromatic rings. The second-order valence-corrected chi connectivity index (χ2v) is 3.70. The number of anilines is 1. The van der Waals surface area contributed by atoms with E-state index in [-0.39, 0.29) is 0 Å². The highest BCUT2D eigenvalue weighted by atomic mass is 16.3. The molecule has 0 unspecified atom stereocenters. The van der Waals surface area contributed by atoms with Crippen molar-refractivity contribution in [3.8, 4) is 11.5 Å². The van der Waals surface area contributed by atoms with E-state index in [1.165, 1.54) is 0 Å². The van der Waals surface area contributed by atoms with Gasteiger partial charge < -0.3 is 9.73 Å². The molecule has 17 heavy (non-hydrogen) atoms. The molecule has 0 aliphatic rings. The molecule has 0 atom stereocenters. The van der Waals surface area contributed by atoms with Crippen LogP contribution in [0.1, 0.15) is 0 Å². The SMILES string of the molecule is CNc1ccc(-c2cc3ccccc3o2)nn1. The van der Waals surface area contributed by atoms with E-state index >= 15 is 0 Å². The summed E-state index contributed by atoms with van der Waals surface area (Å²) >= 11 is 0. The molecule has 1 N–H and O–H groups in total. The molecule has 84 valence electrons. The van der Waals surface area contributed by atoms with Gasteiger partial charge >= 0.3 is 0 Å². The van der Waals surface area contributed by atoms with Crippen molar-refractivity contribution in [1.82, 2.24) is 10.2 Å². The van der Waals surface area contributed by atoms with Crippen molar-refractivity contribution < 1.29 is 4.42 Å². The molecule has 0 aliphatic carbocycles. The van der Waals surface area contributed by atoms with E-state index in [0.717, 1.165) is 28.2 Å². The van der Waals surface area contributed by atoms with Crippen molar-refractivity contribution >= 4 is 16.8 Å². The largest absolute Gasteiger partial charge is 0.454 e. The topological polar surface area (TPSA) is 51.0 Å². The number of fused-ring (bicyclic) bond motifs is 1. The van der Waals surface area contributed by atoms with Crippen molar-refractivity contribution in [1.29, 1.82) is 0 Å². The van der Waals surface area contributed by atoms with Crippen LogP contribution in [-0.4, -0.2) is 17.2 Å². The van der Waals surface area contributed by atoms with Crippen LogP contribution in [0.3, 0.4) is 0 Å². The Morgan fingerprint density at radius 2 is 1.94 bits per heavy atom. The predicted octanol–water partition coefficient (Wildman–Crippen LogP) is 2.93. The highest BCUT2D eigenvalue weighted by molar-refractivity contribution is 5.82. The molecule has 1 aromatic carbocycles. The highest BCUT2D eigenvalue weighted by Crippen LogP contribution is 2.26. The summed E-state index contributed by atoms with van der Waals surface area (Å²) in [6, 6.07) is 13.6. The van der Waals surface area contributed by atoms with Crippen molar-refractivity contribution in [3.05, 3.63) is 42.5 Å². The van der Waals surface area contributed by atoms with Crippen LogP contribution in [0.15, 0.2) is 46.9 Å². The molecule has 0 aliphatic heterocycles. The van der Waals surface area contributed by atoms with Gasteiger partial charge in [-0.2, -0.15) is 0 Å². The number of nitrogens with one attached hydrogen (secondary N) is 1. The number of hydrogen-bond donors (Lipinski definition) is 1. The lowest BCUT2D eigenvalue weighted by Crippen LogP contribution is -1.94. The molecular formula is C13H11N3O. The number of rotatable bonds is 2. The van der Waals surface area contributed by atoms with Crippen molar-refractivity contribution in [2.24, 2.45) is 0 Å². The summed E-state index contributed by atoms with van der Waals surface area (Å²) in [7, 11) is 1.81. The van der Waals surface area contributed by atoms with Gasteiger partial charge in [0.15, 0.2) is 5.76 Å². The molecular weight excluding hydrogens is 214 g/mol. The fourth-order valence-electron chi connectivity index (χ4n) is 1.71. The summed E-state index contributed by atoms with van der Waals surface area (Å²) in [6.45, 7) is 0. The molecule has 0 saturated heterocycles. The summed E-state index contributed by atoms with van der Waals surface area (Å²) in [5.74, 6) is 1.48. The quantitative estimate of drug-likeness (QED) is 0.728. The van der Waals surface area contributed by atoms with Crippen molar-refractivity contribution in [2.75, 3.05) is 12.4 Å². The lowest BCUT2D eigenvalue weighted by atomic mass is 10.2. The third-order valence-corrected chi connectivity index (χ3v) is 2.60. The Morgan fingerprint density at radius 3 is 2.65 bits per heavy atom. The molecule has 4 nitrogen and oxygen atoms in total. The molecule has 0 amide bonds. The maximum Gasteiger partial charge on any atom is 0.155 e. The van der Waals surface area contributed by atoms with Crippen LogP contribution >= 0.6 is 0 Å². The summed E-state index contributed by atoms with van der Waals surface area (Å²) in [5.41, 5.74) is 1.60. The van der Waals surface area contributed by atoms with Gasteiger partial charge in [-0.25, -0.2) is 0 Å². The summed E-state index contributed by atoms with van der Waals surface area (Å²) in [4.78, 5) is 0. The number of nitrogens with zero attached hydrogens (tertiary/aromatic N) is 2. The number of benzene rings is 1. The van der Waals surface area contributed by atoms with Crippen LogP contribution in [0.2, 0.25) is 0 Å². The van der Waals surface area contributed by atoms with E-state index in [0.29, 0.717) is 0 Å². The standard InChI is InChI=1S/C13H11N3O/c1-14-13-7-6-10(15-16-13)12-8-9-4-2-3-5-11(9)17-12/h2-8H,1H3,(H,14,16). The number of aromatic nitrogens is 2. The summed E-state index contributed by atoms with van der Waals surface area (Å²) in [6.07, 6.45) is 0. The maximum atomic E-state index is 5.70. The number of para-hydroxylation sites is 1. The van der Waals surface area contributed by atoms with E-state index in [1.54, 1.807) is 0 Å². The molecule has 2 aromatic heterocycles. The molecule has 0 saturated carbocycles. The van der Waals surface area contributed by atoms with Gasteiger partial charge in [0, 0.05) is 12.4 Å². The first-order chi connectivity index (χ1) is 8.36. The van der Waals surface area contributed by atoms with Gasteiger partial charge in [0.2, 0.25) is 0 Å². The Morgan fingerprint density at radius 1 is 1.06 bits per heavy atom. The molecule has 0 fully saturated rings. The summed E-state index contributed by atoms with van der Waals surface area (Å²) < 4.78 is 5.70. The molecule has 0 radical (unpaired) electrons. The van der Waals surface area contributed by atoms with Crippen LogP contribution in [0.4, 0.5) is 5.82 Å². The Kier molecular flexibility index (Phi) is 2.26. The monoisotopic (exact) mass is 225 g/mol. The third-order valence-electron chi connectivity index (χ3n) is 2.60. The second-order valence-electron chi connectivity index (χ2n) is 3.70. The van der Waals surface area contributed by atoms with Crippen LogP contribution in [0.25, 0.3) is 22.4 Å². The Hall–Kier alpha value is -2.36. The Balaban J connectivity index is 2.07. The van der Waals surface area contributed by atoms with Crippen LogP contribution in [0.5, 0.6) is 0 Å². The van der Waals surface area contributed by atoms with Gasteiger partial charge in [0.25, 0.3) is 0 Å². The average molecular weight is 225 g/mol. The Labute approximate surface area is 98.3 Å². The minimum absolute atomic E-state index is 0.736. The van der Waals surface area contributed by atoms with Gasteiger partial charge in [-0.15, -0.1) is 10.2 Å². The predicted molar refractivity (Wildman–Crippen MR) is 66.8 cm³/mol. The van der Waals surface area contributed by atoms with Crippen molar-refractivity contribution in [2.45, 2.75) is 0 Å². The lowest BCUT2D eigenvalue weighted by Gasteiger charge is -1.97. The van der Waals surface area contributed by atoms with E-state index in [2.05, 4.69) is 15.5 Å². The van der Waals surface area contributed by atoms with E-state index in [1.807, 2.05) is 49.5 Å². The first-order valence-electron chi connectivity index (χ1n) is 5.37. The minimum atomic E-state index is 0.736. The average Bonchev–Trinajstić information content (AvgIpc) is 2.82. The van der Waals surface area contributed by atoms with Gasteiger partial charge in [0.05, 0.1) is 0 Å². The van der Waals surface area contributed by atoms with E-state index < -0.39 is 0 Å². The fourth-order valence-corrected chi connectivity index (χ4v) is 1.71. The smallest absolute Gasteiger partial charge is 0.155 e. The minimum Gasteiger partial charge on any atom is -0.454 e. The van der Waals surface area contributed by atoms with Gasteiger partial charge in [-0.1, -0.05) is 18.2 Å². The number of hydrogen-bond acceptors (Lipinski definition) is 4. The van der Waals surface area contributed by atoms with Crippen molar-refractivity contribution in [3.63, 3.8) is 0 Å². The van der Waals surface area contributed by atoms with Crippen LogP contribution < -0.4 is 5.32 Å². The van der Waals surface area contributed by atoms with Gasteiger partial charge in [0.1, 0.15) is 17.1 Å². The molecule has 2 heterocycles. The summed E-state index contributed by atoms with van der Waals surface area (Å²) in [5, 5.41) is 12.1. The zero-order valence-corrected chi connectivity index (χ0v) is 9.34. The molecule has 4 heteroatoms. The molecule has 3 rings (SSSR count). The second kappa shape index (κ2) is 3.90. The first kappa shape index (κ1) is 9.84. The van der Waals surface area contributed by atoms with E-state index in [4.69, 9.17) is 4.42 Å². The van der Waals surface area contributed by atoms with Gasteiger partial charge in [-0.05, 0) is 24.3 Å².